The van der Waals surface area contributed by atoms with Gasteiger partial charge in [0.2, 0.25) is 0 Å². The second-order valence-electron chi connectivity index (χ2n) is 9.09. The Hall–Kier alpha value is -0.870. The van der Waals surface area contributed by atoms with Crippen LogP contribution in [0.2, 0.25) is 0 Å². The van der Waals surface area contributed by atoms with Crippen molar-refractivity contribution in [1.82, 2.24) is 19.4 Å². The molecule has 0 spiro atoms. The first kappa shape index (κ1) is 17.9. The smallest absolute Gasteiger partial charge is 0.122 e. The molecule has 2 fully saturated rings. The zero-order chi connectivity index (χ0) is 17.2. The Bertz CT molecular complexity index is 508. The first-order chi connectivity index (χ1) is 11.4. The predicted molar refractivity (Wildman–Crippen MR) is 99.9 cm³/mol. The predicted octanol–water partition coefficient (Wildman–Crippen LogP) is 3.48. The molecule has 3 heterocycles. The van der Waals surface area contributed by atoms with Crippen LogP contribution in [0.25, 0.3) is 0 Å². The van der Waals surface area contributed by atoms with E-state index >= 15 is 0 Å². The molecule has 136 valence electrons. The quantitative estimate of drug-likeness (QED) is 0.825. The van der Waals surface area contributed by atoms with Crippen molar-refractivity contribution in [2.24, 2.45) is 17.3 Å². The summed E-state index contributed by atoms with van der Waals surface area (Å²) in [4.78, 5) is 9.84. The van der Waals surface area contributed by atoms with Crippen molar-refractivity contribution in [2.45, 2.75) is 60.0 Å². The zero-order valence-corrected chi connectivity index (χ0v) is 16.2. The number of hydrogen-bond donors (Lipinski definition) is 0. The molecule has 2 aliphatic rings. The van der Waals surface area contributed by atoms with Gasteiger partial charge in [0.15, 0.2) is 0 Å². The Balaban J connectivity index is 1.44. The number of hydrogen-bond acceptors (Lipinski definition) is 3. The molecular weight excluding hydrogens is 296 g/mol. The van der Waals surface area contributed by atoms with Gasteiger partial charge in [-0.05, 0) is 63.1 Å². The number of piperidine rings is 1. The molecule has 0 saturated carbocycles. The van der Waals surface area contributed by atoms with Gasteiger partial charge in [-0.15, -0.1) is 0 Å². The lowest BCUT2D eigenvalue weighted by molar-refractivity contribution is 0.134. The van der Waals surface area contributed by atoms with E-state index in [-0.39, 0.29) is 0 Å². The molecule has 2 aliphatic heterocycles. The van der Waals surface area contributed by atoms with Crippen LogP contribution in [0.15, 0.2) is 12.4 Å². The molecule has 0 unspecified atom stereocenters. The van der Waals surface area contributed by atoms with Gasteiger partial charge >= 0.3 is 0 Å². The van der Waals surface area contributed by atoms with E-state index in [2.05, 4.69) is 53.2 Å². The lowest BCUT2D eigenvalue weighted by Crippen LogP contribution is -2.37. The standard InChI is InChI=1S/C20H36N4/c1-5-24-13-9-21-19(24)15-22-10-6-17(7-11-22)18-8-12-23(14-18)16-20(2,3)4/h9,13,17-18H,5-8,10-12,14-16H2,1-4H3/t18-/m1/s1. The summed E-state index contributed by atoms with van der Waals surface area (Å²) in [6.07, 6.45) is 8.21. The number of nitrogens with zero attached hydrogens (tertiary/aromatic N) is 4. The third-order valence-corrected chi connectivity index (χ3v) is 5.81. The summed E-state index contributed by atoms with van der Waals surface area (Å²) in [6.45, 7) is 17.7. The van der Waals surface area contributed by atoms with Crippen LogP contribution in [0.4, 0.5) is 0 Å². The normalized spacial score (nSPS) is 24.8. The highest BCUT2D eigenvalue weighted by Gasteiger charge is 2.33. The Morgan fingerprint density at radius 2 is 1.71 bits per heavy atom. The van der Waals surface area contributed by atoms with E-state index in [4.69, 9.17) is 0 Å². The highest BCUT2D eigenvalue weighted by atomic mass is 15.2. The van der Waals surface area contributed by atoms with Gasteiger partial charge in [0.1, 0.15) is 5.82 Å². The van der Waals surface area contributed by atoms with Crippen LogP contribution in [0.3, 0.4) is 0 Å². The molecule has 1 atom stereocenters. The van der Waals surface area contributed by atoms with Gasteiger partial charge in [-0.2, -0.15) is 0 Å². The molecule has 0 radical (unpaired) electrons. The third-order valence-electron chi connectivity index (χ3n) is 5.81. The van der Waals surface area contributed by atoms with Crippen LogP contribution < -0.4 is 0 Å². The third kappa shape index (κ3) is 4.60. The summed E-state index contributed by atoms with van der Waals surface area (Å²) < 4.78 is 2.27. The van der Waals surface area contributed by atoms with Crippen molar-refractivity contribution in [1.29, 1.82) is 0 Å². The van der Waals surface area contributed by atoms with Crippen LogP contribution in [0, 0.1) is 17.3 Å². The second kappa shape index (κ2) is 7.57. The van der Waals surface area contributed by atoms with E-state index < -0.39 is 0 Å². The average Bonchev–Trinajstić information content (AvgIpc) is 3.15. The maximum atomic E-state index is 4.54. The highest BCUT2D eigenvalue weighted by molar-refractivity contribution is 4.93. The first-order valence-corrected chi connectivity index (χ1v) is 9.89. The summed E-state index contributed by atoms with van der Waals surface area (Å²) in [7, 11) is 0. The molecule has 24 heavy (non-hydrogen) atoms. The van der Waals surface area contributed by atoms with E-state index in [0.29, 0.717) is 5.41 Å². The van der Waals surface area contributed by atoms with E-state index in [1.54, 1.807) is 0 Å². The first-order valence-electron chi connectivity index (χ1n) is 9.89. The molecule has 0 aliphatic carbocycles. The molecular formula is C20H36N4. The molecule has 0 aromatic carbocycles. The van der Waals surface area contributed by atoms with Crippen molar-refractivity contribution in [2.75, 3.05) is 32.7 Å². The Morgan fingerprint density at radius 3 is 2.38 bits per heavy atom. The Kier molecular flexibility index (Phi) is 5.66. The fourth-order valence-electron chi connectivity index (χ4n) is 4.62. The zero-order valence-electron chi connectivity index (χ0n) is 16.2. The summed E-state index contributed by atoms with van der Waals surface area (Å²) in [5.41, 5.74) is 0.430. The molecule has 2 saturated heterocycles. The van der Waals surface area contributed by atoms with Crippen molar-refractivity contribution < 1.29 is 0 Å². The van der Waals surface area contributed by atoms with E-state index in [9.17, 15) is 0 Å². The molecule has 0 amide bonds. The maximum absolute atomic E-state index is 4.54. The molecule has 1 aromatic rings. The van der Waals surface area contributed by atoms with Crippen LogP contribution in [0.1, 0.15) is 52.8 Å². The topological polar surface area (TPSA) is 24.3 Å². The van der Waals surface area contributed by atoms with E-state index in [0.717, 1.165) is 24.9 Å². The number of likely N-dealkylation sites (tertiary alicyclic amines) is 2. The second-order valence-corrected chi connectivity index (χ2v) is 9.09. The Labute approximate surface area is 148 Å². The van der Waals surface area contributed by atoms with Gasteiger partial charge in [-0.1, -0.05) is 20.8 Å². The fraction of sp³-hybridized carbons (Fsp3) is 0.850. The molecule has 0 bridgehead atoms. The number of aromatic nitrogens is 2. The van der Waals surface area contributed by atoms with E-state index in [1.807, 2.05) is 6.20 Å². The van der Waals surface area contributed by atoms with Crippen LogP contribution >= 0.6 is 0 Å². The highest BCUT2D eigenvalue weighted by Crippen LogP contribution is 2.33. The average molecular weight is 333 g/mol. The van der Waals surface area contributed by atoms with Crippen LogP contribution in [0.5, 0.6) is 0 Å². The van der Waals surface area contributed by atoms with Gasteiger partial charge in [0.25, 0.3) is 0 Å². The molecule has 4 nitrogen and oxygen atoms in total. The largest absolute Gasteiger partial charge is 0.334 e. The maximum Gasteiger partial charge on any atom is 0.122 e. The monoisotopic (exact) mass is 332 g/mol. The lowest BCUT2D eigenvalue weighted by atomic mass is 9.83. The van der Waals surface area contributed by atoms with Crippen molar-refractivity contribution in [3.05, 3.63) is 18.2 Å². The van der Waals surface area contributed by atoms with Gasteiger partial charge < -0.3 is 9.47 Å². The summed E-state index contributed by atoms with van der Waals surface area (Å²) in [5, 5.41) is 0. The van der Waals surface area contributed by atoms with Gasteiger partial charge in [0.05, 0.1) is 6.54 Å². The van der Waals surface area contributed by atoms with Gasteiger partial charge in [-0.25, -0.2) is 4.98 Å². The van der Waals surface area contributed by atoms with Gasteiger partial charge in [-0.3, -0.25) is 4.90 Å². The lowest BCUT2D eigenvalue weighted by Gasteiger charge is -2.35. The number of aryl methyl sites for hydroxylation is 1. The molecule has 4 heteroatoms. The number of imidazole rings is 1. The van der Waals surface area contributed by atoms with Gasteiger partial charge in [0, 0.05) is 32.0 Å². The summed E-state index contributed by atoms with van der Waals surface area (Å²) in [6, 6.07) is 0. The van der Waals surface area contributed by atoms with Crippen molar-refractivity contribution >= 4 is 0 Å². The minimum Gasteiger partial charge on any atom is -0.334 e. The van der Waals surface area contributed by atoms with Crippen LogP contribution in [-0.4, -0.2) is 52.1 Å². The van der Waals surface area contributed by atoms with Crippen LogP contribution in [-0.2, 0) is 13.1 Å². The summed E-state index contributed by atoms with van der Waals surface area (Å²) >= 11 is 0. The molecule has 3 rings (SSSR count). The molecule has 1 aromatic heterocycles. The fourth-order valence-corrected chi connectivity index (χ4v) is 4.62. The van der Waals surface area contributed by atoms with Crippen molar-refractivity contribution in [3.8, 4) is 0 Å². The molecule has 0 N–H and O–H groups in total. The number of rotatable bonds is 5. The SMILES string of the molecule is CCn1ccnc1CN1CCC([C@@H]2CCN(CC(C)(C)C)C2)CC1. The van der Waals surface area contributed by atoms with Crippen molar-refractivity contribution in [3.63, 3.8) is 0 Å². The summed E-state index contributed by atoms with van der Waals surface area (Å²) in [5.74, 6) is 3.11. The minimum absolute atomic E-state index is 0.430. The van der Waals surface area contributed by atoms with E-state index in [1.165, 1.54) is 57.8 Å². The minimum atomic E-state index is 0.430. The Morgan fingerprint density at radius 1 is 1.04 bits per heavy atom.